The van der Waals surface area contributed by atoms with Crippen LogP contribution in [0, 0.1) is 11.3 Å². The monoisotopic (exact) mass is 345 g/mol. The molecular formula is C15H24BrNOS. The molecule has 0 aromatic carbocycles. The molecule has 0 amide bonds. The summed E-state index contributed by atoms with van der Waals surface area (Å²) < 4.78 is 1.19. The van der Waals surface area contributed by atoms with Gasteiger partial charge in [-0.25, -0.2) is 0 Å². The third kappa shape index (κ3) is 4.28. The summed E-state index contributed by atoms with van der Waals surface area (Å²) in [4.78, 5) is 2.36. The van der Waals surface area contributed by atoms with Crippen molar-refractivity contribution in [2.45, 2.75) is 39.2 Å². The van der Waals surface area contributed by atoms with E-state index in [4.69, 9.17) is 0 Å². The van der Waals surface area contributed by atoms with Gasteiger partial charge in [-0.15, -0.1) is 11.3 Å². The summed E-state index contributed by atoms with van der Waals surface area (Å²) in [7, 11) is 2.17. The van der Waals surface area contributed by atoms with Gasteiger partial charge >= 0.3 is 0 Å². The fourth-order valence-electron chi connectivity index (χ4n) is 3.47. The Morgan fingerprint density at radius 1 is 1.58 bits per heavy atom. The van der Waals surface area contributed by atoms with E-state index in [1.165, 1.54) is 35.0 Å². The molecule has 1 heterocycles. The van der Waals surface area contributed by atoms with Crippen molar-refractivity contribution in [3.05, 3.63) is 20.8 Å². The molecule has 2 unspecified atom stereocenters. The highest BCUT2D eigenvalue weighted by molar-refractivity contribution is 9.11. The predicted molar refractivity (Wildman–Crippen MR) is 85.5 cm³/mol. The first-order valence-electron chi connectivity index (χ1n) is 7.05. The van der Waals surface area contributed by atoms with E-state index < -0.39 is 0 Å². The maximum atomic E-state index is 9.85. The average molecular weight is 346 g/mol. The van der Waals surface area contributed by atoms with Gasteiger partial charge in [-0.3, -0.25) is 0 Å². The van der Waals surface area contributed by atoms with Crippen LogP contribution >= 0.6 is 27.3 Å². The van der Waals surface area contributed by atoms with Crippen LogP contribution in [0.2, 0.25) is 0 Å². The Balaban J connectivity index is 1.93. The zero-order chi connectivity index (χ0) is 13.9. The van der Waals surface area contributed by atoms with Gasteiger partial charge in [0.05, 0.1) is 3.79 Å². The highest BCUT2D eigenvalue weighted by Gasteiger charge is 2.35. The lowest BCUT2D eigenvalue weighted by Crippen LogP contribution is -2.41. The third-order valence-corrected chi connectivity index (χ3v) is 5.75. The molecule has 2 rings (SSSR count). The molecule has 0 radical (unpaired) electrons. The smallest absolute Gasteiger partial charge is 0.0701 e. The second-order valence-electron chi connectivity index (χ2n) is 6.29. The zero-order valence-corrected chi connectivity index (χ0v) is 14.3. The van der Waals surface area contributed by atoms with Crippen LogP contribution in [0.5, 0.6) is 0 Å². The van der Waals surface area contributed by atoms with Gasteiger partial charge in [-0.05, 0) is 58.7 Å². The van der Waals surface area contributed by atoms with Gasteiger partial charge in [-0.2, -0.15) is 0 Å². The van der Waals surface area contributed by atoms with E-state index in [0.29, 0.717) is 6.61 Å². The summed E-state index contributed by atoms with van der Waals surface area (Å²) >= 11 is 5.25. The largest absolute Gasteiger partial charge is 0.396 e. The average Bonchev–Trinajstić information content (AvgIpc) is 2.74. The maximum Gasteiger partial charge on any atom is 0.0701 e. The molecule has 0 aliphatic heterocycles. The number of nitrogens with zero attached hydrogens (tertiary/aromatic N) is 1. The Hall–Kier alpha value is 0.100. The fraction of sp³-hybridized carbons (Fsp3) is 0.733. The highest BCUT2D eigenvalue weighted by Crippen LogP contribution is 2.39. The van der Waals surface area contributed by atoms with Gasteiger partial charge in [0.2, 0.25) is 0 Å². The minimum Gasteiger partial charge on any atom is -0.396 e. The molecule has 19 heavy (non-hydrogen) atoms. The topological polar surface area (TPSA) is 23.5 Å². The van der Waals surface area contributed by atoms with Crippen LogP contribution in [0.25, 0.3) is 0 Å². The SMILES string of the molecule is CC1CCCC(CO)(CN(C)Cc2csc(Br)c2)C1. The van der Waals surface area contributed by atoms with Crippen molar-refractivity contribution in [1.82, 2.24) is 4.90 Å². The molecule has 1 aliphatic carbocycles. The number of rotatable bonds is 5. The van der Waals surface area contributed by atoms with Crippen molar-refractivity contribution in [2.75, 3.05) is 20.2 Å². The summed E-state index contributed by atoms with van der Waals surface area (Å²) in [6.07, 6.45) is 4.93. The Kier molecular flexibility index (Phi) is 5.46. The molecule has 1 aromatic heterocycles. The molecule has 2 nitrogen and oxygen atoms in total. The normalized spacial score (nSPS) is 27.9. The zero-order valence-electron chi connectivity index (χ0n) is 11.9. The lowest BCUT2D eigenvalue weighted by molar-refractivity contribution is 0.0290. The Labute approximate surface area is 129 Å². The van der Waals surface area contributed by atoms with Crippen molar-refractivity contribution in [1.29, 1.82) is 0 Å². The number of hydrogen-bond donors (Lipinski definition) is 1. The molecule has 4 heteroatoms. The molecule has 0 bridgehead atoms. The van der Waals surface area contributed by atoms with E-state index in [-0.39, 0.29) is 5.41 Å². The quantitative estimate of drug-likeness (QED) is 0.867. The lowest BCUT2D eigenvalue weighted by Gasteiger charge is -2.41. The van der Waals surface area contributed by atoms with E-state index >= 15 is 0 Å². The summed E-state index contributed by atoms with van der Waals surface area (Å²) in [5.41, 5.74) is 1.48. The lowest BCUT2D eigenvalue weighted by atomic mass is 9.70. The van der Waals surface area contributed by atoms with Crippen molar-refractivity contribution in [3.63, 3.8) is 0 Å². The molecule has 0 saturated heterocycles. The van der Waals surface area contributed by atoms with Crippen LogP contribution in [0.4, 0.5) is 0 Å². The summed E-state index contributed by atoms with van der Waals surface area (Å²) in [6, 6.07) is 2.19. The first kappa shape index (κ1) is 15.5. The minimum absolute atomic E-state index is 0.125. The standard InChI is InChI=1S/C15H24BrNOS/c1-12-4-3-5-15(7-12,11-18)10-17(2)8-13-6-14(16)19-9-13/h6,9,12,18H,3-5,7-8,10-11H2,1-2H3. The van der Waals surface area contributed by atoms with Gasteiger partial charge in [0.1, 0.15) is 0 Å². The van der Waals surface area contributed by atoms with Crippen LogP contribution in [0.3, 0.4) is 0 Å². The number of hydrogen-bond acceptors (Lipinski definition) is 3. The number of thiophene rings is 1. The first-order valence-corrected chi connectivity index (χ1v) is 8.72. The van der Waals surface area contributed by atoms with Crippen LogP contribution in [0.1, 0.15) is 38.2 Å². The molecule has 2 atom stereocenters. The molecule has 108 valence electrons. The molecular weight excluding hydrogens is 322 g/mol. The van der Waals surface area contributed by atoms with E-state index in [2.05, 4.69) is 46.2 Å². The highest BCUT2D eigenvalue weighted by atomic mass is 79.9. The van der Waals surface area contributed by atoms with Crippen molar-refractivity contribution >= 4 is 27.3 Å². The number of aliphatic hydroxyl groups is 1. The predicted octanol–water partition coefficient (Wildman–Crippen LogP) is 4.13. The molecule has 1 saturated carbocycles. The van der Waals surface area contributed by atoms with E-state index in [9.17, 15) is 5.11 Å². The van der Waals surface area contributed by atoms with Crippen LogP contribution in [-0.4, -0.2) is 30.2 Å². The molecule has 1 N–H and O–H groups in total. The van der Waals surface area contributed by atoms with Gasteiger partial charge in [0.25, 0.3) is 0 Å². The second-order valence-corrected chi connectivity index (χ2v) is 8.58. The third-order valence-electron chi connectivity index (χ3n) is 4.20. The van der Waals surface area contributed by atoms with E-state index in [1.807, 2.05) is 0 Å². The number of halogens is 1. The van der Waals surface area contributed by atoms with Gasteiger partial charge in [0.15, 0.2) is 0 Å². The van der Waals surface area contributed by atoms with Crippen LogP contribution in [0.15, 0.2) is 15.2 Å². The van der Waals surface area contributed by atoms with Crippen molar-refractivity contribution < 1.29 is 5.11 Å². The van der Waals surface area contributed by atoms with Crippen molar-refractivity contribution in [3.8, 4) is 0 Å². The Morgan fingerprint density at radius 3 is 2.95 bits per heavy atom. The van der Waals surface area contributed by atoms with Gasteiger partial charge < -0.3 is 10.0 Å². The maximum absolute atomic E-state index is 9.85. The molecule has 0 spiro atoms. The molecule has 1 aromatic rings. The molecule has 1 fully saturated rings. The van der Waals surface area contributed by atoms with E-state index in [0.717, 1.165) is 19.0 Å². The van der Waals surface area contributed by atoms with Crippen molar-refractivity contribution in [2.24, 2.45) is 11.3 Å². The van der Waals surface area contributed by atoms with Gasteiger partial charge in [0, 0.05) is 25.1 Å². The van der Waals surface area contributed by atoms with E-state index in [1.54, 1.807) is 11.3 Å². The second kappa shape index (κ2) is 6.70. The minimum atomic E-state index is 0.125. The van der Waals surface area contributed by atoms with Gasteiger partial charge in [-0.1, -0.05) is 19.8 Å². The molecule has 1 aliphatic rings. The first-order chi connectivity index (χ1) is 9.03. The summed E-state index contributed by atoms with van der Waals surface area (Å²) in [5.74, 6) is 0.754. The Morgan fingerprint density at radius 2 is 2.37 bits per heavy atom. The fourth-order valence-corrected chi connectivity index (χ4v) is 4.68. The van der Waals surface area contributed by atoms with Crippen LogP contribution < -0.4 is 0 Å². The van der Waals surface area contributed by atoms with Crippen LogP contribution in [-0.2, 0) is 6.54 Å². The summed E-state index contributed by atoms with van der Waals surface area (Å²) in [6.45, 7) is 4.62. The number of aliphatic hydroxyl groups excluding tert-OH is 1. The summed E-state index contributed by atoms with van der Waals surface area (Å²) in [5, 5.41) is 12.1. The Bertz CT molecular complexity index is 409.